The van der Waals surface area contributed by atoms with Gasteiger partial charge in [0, 0.05) is 54.6 Å². The fourth-order valence-corrected chi connectivity index (χ4v) is 11.3. The first-order valence-corrected chi connectivity index (χ1v) is 25.3. The number of rotatable bonds is 8. The summed E-state index contributed by atoms with van der Waals surface area (Å²) in [6.07, 6.45) is 0. The van der Waals surface area contributed by atoms with Gasteiger partial charge in [0.15, 0.2) is 11.6 Å². The van der Waals surface area contributed by atoms with Gasteiger partial charge in [-0.1, -0.05) is 200 Å². The molecule has 0 aliphatic rings. The molecular weight excluding hydrogens is 915 g/mol. The van der Waals surface area contributed by atoms with Crippen LogP contribution in [0.4, 0.5) is 0 Å². The van der Waals surface area contributed by atoms with E-state index in [1.807, 2.05) is 24.3 Å². The molecule has 6 nitrogen and oxygen atoms in total. The minimum Gasteiger partial charge on any atom is -0.456 e. The van der Waals surface area contributed by atoms with E-state index in [9.17, 15) is 0 Å². The van der Waals surface area contributed by atoms with Crippen LogP contribution in [-0.2, 0) is 0 Å². The van der Waals surface area contributed by atoms with Crippen LogP contribution < -0.4 is 0 Å². The van der Waals surface area contributed by atoms with E-state index in [2.05, 4.69) is 246 Å². The molecule has 0 aliphatic heterocycles. The fourth-order valence-electron chi connectivity index (χ4n) is 11.3. The maximum absolute atomic E-state index is 6.30. The van der Waals surface area contributed by atoms with E-state index in [0.717, 1.165) is 111 Å². The smallest absolute Gasteiger partial charge is 0.238 e. The summed E-state index contributed by atoms with van der Waals surface area (Å²) in [6.45, 7) is 0. The van der Waals surface area contributed by atoms with Gasteiger partial charge in [-0.3, -0.25) is 4.57 Å². The molecule has 6 heteroatoms. The van der Waals surface area contributed by atoms with Crippen LogP contribution in [0.3, 0.4) is 0 Å². The van der Waals surface area contributed by atoms with Gasteiger partial charge >= 0.3 is 0 Å². The lowest BCUT2D eigenvalue weighted by atomic mass is 9.96. The number of hydrogen-bond acceptors (Lipinski definition) is 4. The van der Waals surface area contributed by atoms with Crippen LogP contribution in [0.25, 0.3) is 144 Å². The summed E-state index contributed by atoms with van der Waals surface area (Å²) in [7, 11) is 0. The van der Waals surface area contributed by atoms with Crippen molar-refractivity contribution in [1.82, 2.24) is 24.1 Å². The van der Waals surface area contributed by atoms with E-state index in [0.29, 0.717) is 17.6 Å². The zero-order chi connectivity index (χ0) is 49.4. The first-order valence-electron chi connectivity index (χ1n) is 25.3. The third kappa shape index (κ3) is 7.07. The molecule has 0 amide bonds. The SMILES string of the molecule is c1ccc(-c2cccc(-c3cccc4c5ccccc5n(-c5nc(-c6ccc(-c7cc(-c8ccccc8)ccc7-n7c8ccccc8c8ccccc87)cc6)nc(-c6ccc7oc8ccccc8c7c6)n5)c34)c2)cc1. The second-order valence-electron chi connectivity index (χ2n) is 19.1. The van der Waals surface area contributed by atoms with Crippen molar-refractivity contribution in [2.24, 2.45) is 0 Å². The normalized spacial score (nSPS) is 11.7. The van der Waals surface area contributed by atoms with Crippen LogP contribution in [0.5, 0.6) is 0 Å². The first-order chi connectivity index (χ1) is 37.2. The van der Waals surface area contributed by atoms with Crippen LogP contribution >= 0.6 is 0 Å². The summed E-state index contributed by atoms with van der Waals surface area (Å²) >= 11 is 0. The lowest BCUT2D eigenvalue weighted by molar-refractivity contribution is 0.669. The van der Waals surface area contributed by atoms with Gasteiger partial charge in [0.05, 0.1) is 27.8 Å². The highest BCUT2D eigenvalue weighted by atomic mass is 16.3. The fraction of sp³-hybridized carbons (Fsp3) is 0. The van der Waals surface area contributed by atoms with Crippen molar-refractivity contribution in [3.05, 3.63) is 261 Å². The Hall–Kier alpha value is -10.2. The molecule has 0 aliphatic carbocycles. The van der Waals surface area contributed by atoms with Gasteiger partial charge in [0.25, 0.3) is 0 Å². The van der Waals surface area contributed by atoms with Crippen molar-refractivity contribution in [1.29, 1.82) is 0 Å². The van der Waals surface area contributed by atoms with Crippen molar-refractivity contribution in [3.8, 4) is 78.9 Å². The summed E-state index contributed by atoms with van der Waals surface area (Å²) in [5, 5.41) is 6.72. The topological polar surface area (TPSA) is 61.7 Å². The molecule has 350 valence electrons. The average molecular weight is 958 g/mol. The molecular formula is C69H43N5O. The highest BCUT2D eigenvalue weighted by molar-refractivity contribution is 6.14. The maximum Gasteiger partial charge on any atom is 0.238 e. The van der Waals surface area contributed by atoms with E-state index in [1.165, 1.54) is 16.3 Å². The van der Waals surface area contributed by atoms with Gasteiger partial charge in [-0.05, 0) is 94.0 Å². The highest BCUT2D eigenvalue weighted by Gasteiger charge is 2.22. The second kappa shape index (κ2) is 17.3. The quantitative estimate of drug-likeness (QED) is 0.152. The molecule has 0 unspecified atom stereocenters. The van der Waals surface area contributed by atoms with Gasteiger partial charge < -0.3 is 8.98 Å². The highest BCUT2D eigenvalue weighted by Crippen LogP contribution is 2.42. The van der Waals surface area contributed by atoms with Crippen molar-refractivity contribution < 1.29 is 4.42 Å². The third-order valence-electron chi connectivity index (χ3n) is 14.8. The Morgan fingerprint density at radius 1 is 0.267 bits per heavy atom. The van der Waals surface area contributed by atoms with Gasteiger partial charge in [0.1, 0.15) is 11.2 Å². The lowest BCUT2D eigenvalue weighted by Crippen LogP contribution is -2.07. The number of para-hydroxylation sites is 5. The van der Waals surface area contributed by atoms with E-state index in [-0.39, 0.29) is 0 Å². The number of hydrogen-bond donors (Lipinski definition) is 0. The van der Waals surface area contributed by atoms with Crippen LogP contribution in [0.15, 0.2) is 265 Å². The molecule has 0 saturated carbocycles. The van der Waals surface area contributed by atoms with Crippen LogP contribution in [0.1, 0.15) is 0 Å². The molecule has 0 saturated heterocycles. The molecule has 15 aromatic rings. The molecule has 0 N–H and O–H groups in total. The van der Waals surface area contributed by atoms with Gasteiger partial charge in [0.2, 0.25) is 5.95 Å². The summed E-state index contributed by atoms with van der Waals surface area (Å²) in [6, 6.07) is 92.4. The van der Waals surface area contributed by atoms with Crippen molar-refractivity contribution >= 4 is 65.6 Å². The molecule has 4 aromatic heterocycles. The third-order valence-corrected chi connectivity index (χ3v) is 14.8. The van der Waals surface area contributed by atoms with E-state index >= 15 is 0 Å². The Labute approximate surface area is 431 Å². The minimum atomic E-state index is 0.526. The summed E-state index contributed by atoms with van der Waals surface area (Å²) in [5.41, 5.74) is 17.8. The second-order valence-corrected chi connectivity index (χ2v) is 19.1. The standard InChI is InChI=1S/C69H43N5O/c1-3-17-44(18-4-1)48-21-15-22-50(41-48)52-27-16-28-57-55-25-9-13-31-62(55)74(66(52)57)69-71-67(70-68(72-69)51-38-40-65-59(43-51)56-26-10-14-32-64(56)75-65)47-35-33-46(34-36-47)58-42-49(45-19-5-2-6-20-45)37-39-63(58)73-60-29-11-7-23-53(60)54-24-8-12-30-61(54)73/h1-43H. The van der Waals surface area contributed by atoms with Gasteiger partial charge in [-0.2, -0.15) is 9.97 Å². The number of aromatic nitrogens is 5. The molecule has 4 heterocycles. The lowest BCUT2D eigenvalue weighted by Gasteiger charge is -2.17. The molecule has 0 spiro atoms. The number of benzene rings is 11. The monoisotopic (exact) mass is 957 g/mol. The zero-order valence-corrected chi connectivity index (χ0v) is 40.5. The molecule has 0 atom stereocenters. The largest absolute Gasteiger partial charge is 0.456 e. The molecule has 15 rings (SSSR count). The van der Waals surface area contributed by atoms with Gasteiger partial charge in [-0.15, -0.1) is 0 Å². The Balaban J connectivity index is 0.941. The summed E-state index contributed by atoms with van der Waals surface area (Å²) in [4.78, 5) is 16.3. The summed E-state index contributed by atoms with van der Waals surface area (Å²) < 4.78 is 10.9. The Bertz CT molecular complexity index is 4650. The van der Waals surface area contributed by atoms with Crippen molar-refractivity contribution in [2.75, 3.05) is 0 Å². The van der Waals surface area contributed by atoms with Crippen molar-refractivity contribution in [3.63, 3.8) is 0 Å². The van der Waals surface area contributed by atoms with Crippen LogP contribution in [0.2, 0.25) is 0 Å². The predicted molar refractivity (Wildman–Crippen MR) is 308 cm³/mol. The number of fused-ring (bicyclic) bond motifs is 9. The van der Waals surface area contributed by atoms with Crippen LogP contribution in [-0.4, -0.2) is 24.1 Å². The molecule has 0 bridgehead atoms. The maximum atomic E-state index is 6.30. The van der Waals surface area contributed by atoms with E-state index in [4.69, 9.17) is 19.4 Å². The number of furan rings is 1. The zero-order valence-electron chi connectivity index (χ0n) is 40.5. The Morgan fingerprint density at radius 3 is 1.47 bits per heavy atom. The predicted octanol–water partition coefficient (Wildman–Crippen LogP) is 18.0. The molecule has 0 radical (unpaired) electrons. The molecule has 11 aromatic carbocycles. The Morgan fingerprint density at radius 2 is 0.760 bits per heavy atom. The minimum absolute atomic E-state index is 0.526. The van der Waals surface area contributed by atoms with Gasteiger partial charge in [-0.25, -0.2) is 4.98 Å². The molecule has 75 heavy (non-hydrogen) atoms. The van der Waals surface area contributed by atoms with Crippen LogP contribution in [0, 0.1) is 0 Å². The first kappa shape index (κ1) is 42.5. The Kier molecular flexibility index (Phi) is 9.78. The number of nitrogens with zero attached hydrogens (tertiary/aromatic N) is 5. The average Bonchev–Trinajstić information content (AvgIpc) is 4.21. The van der Waals surface area contributed by atoms with Crippen molar-refractivity contribution in [2.45, 2.75) is 0 Å². The van der Waals surface area contributed by atoms with E-state index in [1.54, 1.807) is 0 Å². The summed E-state index contributed by atoms with van der Waals surface area (Å²) in [5.74, 6) is 1.65. The van der Waals surface area contributed by atoms with E-state index < -0.39 is 0 Å². The molecule has 0 fully saturated rings.